The number of nitrogens with zero attached hydrogens (tertiary/aromatic N) is 1. The summed E-state index contributed by atoms with van der Waals surface area (Å²) in [5, 5.41) is 3.19. The molecule has 0 aliphatic heterocycles. The van der Waals surface area contributed by atoms with E-state index in [9.17, 15) is 4.79 Å². The molecule has 0 heterocycles. The molecule has 0 radical (unpaired) electrons. The molecule has 2 amide bonds. The van der Waals surface area contributed by atoms with Crippen molar-refractivity contribution in [3.05, 3.63) is 23.2 Å². The van der Waals surface area contributed by atoms with Crippen LogP contribution in [0.1, 0.15) is 0 Å². The summed E-state index contributed by atoms with van der Waals surface area (Å²) >= 11 is 6.10. The average Bonchev–Trinajstić information content (AvgIpc) is 2.47. The van der Waals surface area contributed by atoms with Crippen LogP contribution in [-0.2, 0) is 9.47 Å². The standard InChI is InChI=1S/C14H21ClN2O4/c1-17(6-7-19-2)14(18)16-11-4-5-13(12(15)10-11)21-9-8-20-3/h4-5,10H,6-9H2,1-3H3,(H,16,18). The van der Waals surface area contributed by atoms with E-state index in [-0.39, 0.29) is 6.03 Å². The van der Waals surface area contributed by atoms with Gasteiger partial charge in [-0.2, -0.15) is 0 Å². The van der Waals surface area contributed by atoms with E-state index < -0.39 is 0 Å². The maximum atomic E-state index is 11.9. The van der Waals surface area contributed by atoms with Gasteiger partial charge in [0.1, 0.15) is 12.4 Å². The first kappa shape index (κ1) is 17.6. The second kappa shape index (κ2) is 9.44. The molecular weight excluding hydrogens is 296 g/mol. The lowest BCUT2D eigenvalue weighted by atomic mass is 10.3. The van der Waals surface area contributed by atoms with Gasteiger partial charge in [0, 0.05) is 33.5 Å². The number of hydrogen-bond acceptors (Lipinski definition) is 4. The Bertz CT molecular complexity index is 457. The van der Waals surface area contributed by atoms with Crippen molar-refractivity contribution >= 4 is 23.3 Å². The molecule has 1 aromatic carbocycles. The van der Waals surface area contributed by atoms with Gasteiger partial charge in [-0.1, -0.05) is 11.6 Å². The third-order valence-electron chi connectivity index (χ3n) is 2.71. The number of ether oxygens (including phenoxy) is 3. The van der Waals surface area contributed by atoms with Gasteiger partial charge >= 0.3 is 6.03 Å². The van der Waals surface area contributed by atoms with E-state index in [0.29, 0.717) is 42.8 Å². The van der Waals surface area contributed by atoms with E-state index in [0.717, 1.165) is 0 Å². The highest BCUT2D eigenvalue weighted by Gasteiger charge is 2.10. The van der Waals surface area contributed by atoms with Crippen molar-refractivity contribution in [2.45, 2.75) is 0 Å². The van der Waals surface area contributed by atoms with E-state index in [1.807, 2.05) is 0 Å². The van der Waals surface area contributed by atoms with E-state index in [4.69, 9.17) is 25.8 Å². The fourth-order valence-electron chi connectivity index (χ4n) is 1.48. The molecule has 0 saturated carbocycles. The molecule has 0 bridgehead atoms. The van der Waals surface area contributed by atoms with Crippen molar-refractivity contribution in [2.24, 2.45) is 0 Å². The van der Waals surface area contributed by atoms with Crippen LogP contribution in [0.25, 0.3) is 0 Å². The summed E-state index contributed by atoms with van der Waals surface area (Å²) in [7, 11) is 4.88. The highest BCUT2D eigenvalue weighted by atomic mass is 35.5. The summed E-state index contributed by atoms with van der Waals surface area (Å²) in [5.74, 6) is 0.555. The zero-order chi connectivity index (χ0) is 15.7. The van der Waals surface area contributed by atoms with Crippen molar-refractivity contribution in [1.29, 1.82) is 0 Å². The molecule has 6 nitrogen and oxygen atoms in total. The molecular formula is C14H21ClN2O4. The Morgan fingerprint density at radius 2 is 1.95 bits per heavy atom. The summed E-state index contributed by atoms with van der Waals surface area (Å²) in [5.41, 5.74) is 0.605. The third-order valence-corrected chi connectivity index (χ3v) is 3.00. The Hall–Kier alpha value is -1.50. The van der Waals surface area contributed by atoms with Crippen LogP contribution >= 0.6 is 11.6 Å². The predicted octanol–water partition coefficient (Wildman–Crippen LogP) is 2.48. The highest BCUT2D eigenvalue weighted by Crippen LogP contribution is 2.27. The van der Waals surface area contributed by atoms with Crippen LogP contribution in [0.4, 0.5) is 10.5 Å². The van der Waals surface area contributed by atoms with Crippen LogP contribution in [0.2, 0.25) is 5.02 Å². The number of carbonyl (C=O) groups is 1. The summed E-state index contributed by atoms with van der Waals surface area (Å²) in [4.78, 5) is 13.4. The largest absolute Gasteiger partial charge is 0.490 e. The van der Waals surface area contributed by atoms with Crippen LogP contribution in [0, 0.1) is 0 Å². The minimum Gasteiger partial charge on any atom is -0.490 e. The first-order valence-corrected chi connectivity index (χ1v) is 6.88. The van der Waals surface area contributed by atoms with Gasteiger partial charge in [0.15, 0.2) is 0 Å². The Morgan fingerprint density at radius 3 is 2.57 bits per heavy atom. The van der Waals surface area contributed by atoms with Crippen LogP contribution in [0.15, 0.2) is 18.2 Å². The molecule has 0 unspecified atom stereocenters. The second-order valence-electron chi connectivity index (χ2n) is 4.33. The molecule has 1 rings (SSSR count). The van der Waals surface area contributed by atoms with Crippen LogP contribution in [0.3, 0.4) is 0 Å². The minimum absolute atomic E-state index is 0.226. The number of likely N-dealkylation sites (N-methyl/N-ethyl adjacent to an activating group) is 1. The van der Waals surface area contributed by atoms with E-state index >= 15 is 0 Å². The zero-order valence-corrected chi connectivity index (χ0v) is 13.3. The van der Waals surface area contributed by atoms with Crippen LogP contribution in [0.5, 0.6) is 5.75 Å². The monoisotopic (exact) mass is 316 g/mol. The van der Waals surface area contributed by atoms with Gasteiger partial charge in [-0.05, 0) is 18.2 Å². The maximum absolute atomic E-state index is 11.9. The number of hydrogen-bond donors (Lipinski definition) is 1. The normalized spacial score (nSPS) is 10.3. The fraction of sp³-hybridized carbons (Fsp3) is 0.500. The predicted molar refractivity (Wildman–Crippen MR) is 82.3 cm³/mol. The molecule has 0 atom stereocenters. The summed E-state index contributed by atoms with van der Waals surface area (Å²) in [6, 6.07) is 4.86. The lowest BCUT2D eigenvalue weighted by Crippen LogP contribution is -2.33. The number of rotatable bonds is 8. The Labute approximate surface area is 129 Å². The number of anilines is 1. The van der Waals surface area contributed by atoms with Gasteiger partial charge in [-0.15, -0.1) is 0 Å². The van der Waals surface area contributed by atoms with Crippen LogP contribution in [-0.4, -0.2) is 58.6 Å². The van der Waals surface area contributed by atoms with Gasteiger partial charge in [-0.3, -0.25) is 0 Å². The Kier molecular flexibility index (Phi) is 7.89. The number of amides is 2. The van der Waals surface area contributed by atoms with Gasteiger partial charge < -0.3 is 24.4 Å². The molecule has 1 N–H and O–H groups in total. The number of carbonyl (C=O) groups excluding carboxylic acids is 1. The lowest BCUT2D eigenvalue weighted by molar-refractivity contribution is 0.146. The van der Waals surface area contributed by atoms with Crippen LogP contribution < -0.4 is 10.1 Å². The molecule has 0 spiro atoms. The number of urea groups is 1. The molecule has 0 aliphatic carbocycles. The molecule has 0 aliphatic rings. The van der Waals surface area contributed by atoms with Crippen molar-refractivity contribution < 1.29 is 19.0 Å². The van der Waals surface area contributed by atoms with E-state index in [1.54, 1.807) is 39.5 Å². The van der Waals surface area contributed by atoms with Crippen molar-refractivity contribution in [3.63, 3.8) is 0 Å². The van der Waals surface area contributed by atoms with E-state index in [2.05, 4.69) is 5.32 Å². The van der Waals surface area contributed by atoms with Gasteiger partial charge in [-0.25, -0.2) is 4.79 Å². The fourth-order valence-corrected chi connectivity index (χ4v) is 1.71. The third kappa shape index (κ3) is 6.20. The zero-order valence-electron chi connectivity index (χ0n) is 12.5. The first-order valence-electron chi connectivity index (χ1n) is 6.50. The van der Waals surface area contributed by atoms with Gasteiger partial charge in [0.25, 0.3) is 0 Å². The Morgan fingerprint density at radius 1 is 1.24 bits per heavy atom. The smallest absolute Gasteiger partial charge is 0.321 e. The van der Waals surface area contributed by atoms with Crippen molar-refractivity contribution in [2.75, 3.05) is 52.9 Å². The second-order valence-corrected chi connectivity index (χ2v) is 4.74. The number of methoxy groups -OCH3 is 2. The van der Waals surface area contributed by atoms with Gasteiger partial charge in [0.2, 0.25) is 0 Å². The molecule has 1 aromatic rings. The molecule has 118 valence electrons. The SMILES string of the molecule is COCCOc1ccc(NC(=O)N(C)CCOC)cc1Cl. The lowest BCUT2D eigenvalue weighted by Gasteiger charge is -2.17. The molecule has 0 aromatic heterocycles. The molecule has 21 heavy (non-hydrogen) atoms. The Balaban J connectivity index is 2.56. The maximum Gasteiger partial charge on any atom is 0.321 e. The van der Waals surface area contributed by atoms with Gasteiger partial charge in [0.05, 0.1) is 18.2 Å². The van der Waals surface area contributed by atoms with E-state index in [1.165, 1.54) is 4.90 Å². The summed E-state index contributed by atoms with van der Waals surface area (Å²) in [6.07, 6.45) is 0. The molecule has 0 saturated heterocycles. The summed E-state index contributed by atoms with van der Waals surface area (Å²) < 4.78 is 15.3. The molecule has 7 heteroatoms. The topological polar surface area (TPSA) is 60.0 Å². The first-order chi connectivity index (χ1) is 10.1. The quantitative estimate of drug-likeness (QED) is 0.749. The minimum atomic E-state index is -0.226. The summed E-state index contributed by atoms with van der Waals surface area (Å²) in [6.45, 7) is 1.89. The number of halogens is 1. The number of benzene rings is 1. The average molecular weight is 317 g/mol. The number of nitrogens with one attached hydrogen (secondary N) is 1. The van der Waals surface area contributed by atoms with Crippen molar-refractivity contribution in [1.82, 2.24) is 4.90 Å². The highest BCUT2D eigenvalue weighted by molar-refractivity contribution is 6.32. The van der Waals surface area contributed by atoms with Crippen molar-refractivity contribution in [3.8, 4) is 5.75 Å². The molecule has 0 fully saturated rings.